The molecule has 0 radical (unpaired) electrons. The Morgan fingerprint density at radius 2 is 1.93 bits per heavy atom. The molecule has 1 rings (SSSR count). The minimum absolute atomic E-state index is 0.0608. The standard InChI is InChI=1S/C9H17ClO4S/c1-9(2,3)8-5-13-4-7(14-8)6-15(10,11)12/h7-8H,4-6H2,1-3H3. The molecular formula is C9H17ClO4S. The minimum Gasteiger partial charge on any atom is -0.376 e. The van der Waals surface area contributed by atoms with Gasteiger partial charge >= 0.3 is 0 Å². The third kappa shape index (κ3) is 4.68. The summed E-state index contributed by atoms with van der Waals surface area (Å²) in [5.41, 5.74) is -0.0608. The molecule has 15 heavy (non-hydrogen) atoms. The molecule has 1 aliphatic heterocycles. The molecule has 0 aromatic rings. The summed E-state index contributed by atoms with van der Waals surface area (Å²) in [5.74, 6) is -0.193. The Labute approximate surface area is 95.3 Å². The highest BCUT2D eigenvalue weighted by molar-refractivity contribution is 8.13. The van der Waals surface area contributed by atoms with E-state index >= 15 is 0 Å². The van der Waals surface area contributed by atoms with Crippen LogP contribution in [0.5, 0.6) is 0 Å². The van der Waals surface area contributed by atoms with Gasteiger partial charge in [0.15, 0.2) is 0 Å². The average molecular weight is 257 g/mol. The van der Waals surface area contributed by atoms with E-state index in [1.807, 2.05) is 20.8 Å². The van der Waals surface area contributed by atoms with E-state index < -0.39 is 15.2 Å². The molecule has 1 aliphatic rings. The highest BCUT2D eigenvalue weighted by Crippen LogP contribution is 2.26. The van der Waals surface area contributed by atoms with Crippen LogP contribution in [0.2, 0.25) is 0 Å². The first-order valence-electron chi connectivity index (χ1n) is 4.84. The van der Waals surface area contributed by atoms with Crippen LogP contribution < -0.4 is 0 Å². The summed E-state index contributed by atoms with van der Waals surface area (Å²) < 4.78 is 32.7. The fraction of sp³-hybridized carbons (Fsp3) is 1.00. The molecule has 0 saturated carbocycles. The second-order valence-electron chi connectivity index (χ2n) is 4.86. The van der Waals surface area contributed by atoms with Crippen molar-refractivity contribution in [3.8, 4) is 0 Å². The summed E-state index contributed by atoms with van der Waals surface area (Å²) in [5, 5.41) is 0. The molecule has 0 N–H and O–H groups in total. The summed E-state index contributed by atoms with van der Waals surface area (Å²) in [7, 11) is 1.64. The Kier molecular flexibility index (Phi) is 4.03. The maximum atomic E-state index is 10.9. The number of rotatable bonds is 2. The largest absolute Gasteiger partial charge is 0.376 e. The first-order valence-corrected chi connectivity index (χ1v) is 7.32. The smallest absolute Gasteiger partial charge is 0.235 e. The van der Waals surface area contributed by atoms with Gasteiger partial charge in [0.25, 0.3) is 0 Å². The van der Waals surface area contributed by atoms with Crippen molar-refractivity contribution in [3.63, 3.8) is 0 Å². The van der Waals surface area contributed by atoms with E-state index in [9.17, 15) is 8.42 Å². The van der Waals surface area contributed by atoms with E-state index in [0.29, 0.717) is 13.2 Å². The van der Waals surface area contributed by atoms with Gasteiger partial charge in [0.05, 0.1) is 31.2 Å². The fourth-order valence-corrected chi connectivity index (χ4v) is 2.42. The molecular weight excluding hydrogens is 240 g/mol. The molecule has 0 aliphatic carbocycles. The second kappa shape index (κ2) is 4.57. The second-order valence-corrected chi connectivity index (χ2v) is 7.68. The maximum Gasteiger partial charge on any atom is 0.235 e. The van der Waals surface area contributed by atoms with Crippen molar-refractivity contribution in [1.82, 2.24) is 0 Å². The van der Waals surface area contributed by atoms with Crippen molar-refractivity contribution < 1.29 is 17.9 Å². The quantitative estimate of drug-likeness (QED) is 0.701. The lowest BCUT2D eigenvalue weighted by Gasteiger charge is -2.37. The van der Waals surface area contributed by atoms with Gasteiger partial charge in [0.2, 0.25) is 9.05 Å². The van der Waals surface area contributed by atoms with Crippen LogP contribution >= 0.6 is 10.7 Å². The predicted octanol–water partition coefficient (Wildman–Crippen LogP) is 1.39. The van der Waals surface area contributed by atoms with Gasteiger partial charge in [-0.25, -0.2) is 8.42 Å². The molecule has 6 heteroatoms. The lowest BCUT2D eigenvalue weighted by molar-refractivity contribution is -0.163. The van der Waals surface area contributed by atoms with Crippen LogP contribution in [0.4, 0.5) is 0 Å². The van der Waals surface area contributed by atoms with Crippen LogP contribution in [0.3, 0.4) is 0 Å². The molecule has 1 saturated heterocycles. The van der Waals surface area contributed by atoms with Crippen LogP contribution in [0.25, 0.3) is 0 Å². The summed E-state index contributed by atoms with van der Waals surface area (Å²) in [6.45, 7) is 6.87. The molecule has 0 amide bonds. The monoisotopic (exact) mass is 256 g/mol. The Hall–Kier alpha value is 0.160. The minimum atomic E-state index is -3.53. The zero-order valence-corrected chi connectivity index (χ0v) is 10.8. The van der Waals surface area contributed by atoms with Crippen LogP contribution in [0.15, 0.2) is 0 Å². The van der Waals surface area contributed by atoms with Crippen molar-refractivity contribution in [2.45, 2.75) is 33.0 Å². The van der Waals surface area contributed by atoms with E-state index in [4.69, 9.17) is 20.2 Å². The van der Waals surface area contributed by atoms with E-state index in [1.54, 1.807) is 0 Å². The summed E-state index contributed by atoms with van der Waals surface area (Å²) in [6.07, 6.45) is -0.542. The first kappa shape index (κ1) is 13.2. The van der Waals surface area contributed by atoms with Gasteiger partial charge in [-0.15, -0.1) is 0 Å². The van der Waals surface area contributed by atoms with E-state index in [0.717, 1.165) is 0 Å². The van der Waals surface area contributed by atoms with Gasteiger partial charge in [-0.05, 0) is 5.41 Å². The molecule has 2 unspecified atom stereocenters. The zero-order valence-electron chi connectivity index (χ0n) is 9.20. The lowest BCUT2D eigenvalue weighted by Crippen LogP contribution is -2.45. The van der Waals surface area contributed by atoms with Crippen LogP contribution in [0.1, 0.15) is 20.8 Å². The SMILES string of the molecule is CC(C)(C)C1COCC(CS(=O)(=O)Cl)O1. The third-order valence-electron chi connectivity index (χ3n) is 2.28. The highest BCUT2D eigenvalue weighted by Gasteiger charge is 2.33. The van der Waals surface area contributed by atoms with Crippen molar-refractivity contribution in [2.75, 3.05) is 19.0 Å². The predicted molar refractivity (Wildman–Crippen MR) is 58.6 cm³/mol. The molecule has 0 aromatic heterocycles. The fourth-order valence-electron chi connectivity index (χ4n) is 1.38. The van der Waals surface area contributed by atoms with E-state index in [-0.39, 0.29) is 17.3 Å². The Morgan fingerprint density at radius 3 is 2.40 bits per heavy atom. The van der Waals surface area contributed by atoms with Crippen LogP contribution in [0, 0.1) is 5.41 Å². The van der Waals surface area contributed by atoms with Gasteiger partial charge in [0, 0.05) is 10.7 Å². The van der Waals surface area contributed by atoms with Crippen molar-refractivity contribution in [1.29, 1.82) is 0 Å². The van der Waals surface area contributed by atoms with Gasteiger partial charge in [0.1, 0.15) is 0 Å². The van der Waals surface area contributed by atoms with Gasteiger partial charge in [-0.3, -0.25) is 0 Å². The molecule has 2 atom stereocenters. The normalized spacial score (nSPS) is 29.1. The van der Waals surface area contributed by atoms with Crippen molar-refractivity contribution in [2.24, 2.45) is 5.41 Å². The highest BCUT2D eigenvalue weighted by atomic mass is 35.7. The Balaban J connectivity index is 2.57. The summed E-state index contributed by atoms with van der Waals surface area (Å²) >= 11 is 0. The molecule has 1 heterocycles. The Bertz CT molecular complexity index is 307. The molecule has 0 spiro atoms. The third-order valence-corrected chi connectivity index (χ3v) is 3.43. The maximum absolute atomic E-state index is 10.9. The molecule has 1 fully saturated rings. The van der Waals surface area contributed by atoms with Gasteiger partial charge < -0.3 is 9.47 Å². The van der Waals surface area contributed by atoms with Crippen molar-refractivity contribution in [3.05, 3.63) is 0 Å². The number of halogens is 1. The van der Waals surface area contributed by atoms with Crippen molar-refractivity contribution >= 4 is 19.7 Å². The summed E-state index contributed by atoms with van der Waals surface area (Å²) in [4.78, 5) is 0. The van der Waals surface area contributed by atoms with E-state index in [1.165, 1.54) is 0 Å². The average Bonchev–Trinajstić information content (AvgIpc) is 1.99. The number of hydrogen-bond donors (Lipinski definition) is 0. The zero-order chi connectivity index (χ0) is 11.7. The molecule has 0 bridgehead atoms. The topological polar surface area (TPSA) is 52.6 Å². The van der Waals surface area contributed by atoms with Crippen LogP contribution in [-0.2, 0) is 18.5 Å². The number of ether oxygens (including phenoxy) is 2. The first-order chi connectivity index (χ1) is 6.68. The Morgan fingerprint density at radius 1 is 1.33 bits per heavy atom. The van der Waals surface area contributed by atoms with Gasteiger partial charge in [-0.1, -0.05) is 20.8 Å². The van der Waals surface area contributed by atoms with Gasteiger partial charge in [-0.2, -0.15) is 0 Å². The van der Waals surface area contributed by atoms with Crippen LogP contribution in [-0.4, -0.2) is 39.6 Å². The molecule has 90 valence electrons. The summed E-state index contributed by atoms with van der Waals surface area (Å²) in [6, 6.07) is 0. The van der Waals surface area contributed by atoms with E-state index in [2.05, 4.69) is 0 Å². The molecule has 4 nitrogen and oxygen atoms in total. The lowest BCUT2D eigenvalue weighted by atomic mass is 9.89. The molecule has 0 aromatic carbocycles. The number of hydrogen-bond acceptors (Lipinski definition) is 4.